The molecule has 0 saturated heterocycles. The first-order valence-corrected chi connectivity index (χ1v) is 7.30. The fraction of sp³-hybridized carbons (Fsp3) is 0.167. The largest absolute Gasteiger partial charge is 0.445 e. The fourth-order valence-corrected chi connectivity index (χ4v) is 1.98. The van der Waals surface area contributed by atoms with Crippen molar-refractivity contribution >= 4 is 17.9 Å². The lowest BCUT2D eigenvalue weighted by Gasteiger charge is -2.05. The summed E-state index contributed by atoms with van der Waals surface area (Å²) in [6.45, 7) is 0.681. The molecule has 0 fully saturated rings. The minimum Gasteiger partial charge on any atom is -0.445 e. The Balaban J connectivity index is 1.66. The molecule has 0 spiro atoms. The number of carbonyl (C=O) groups is 1. The van der Waals surface area contributed by atoms with E-state index in [0.29, 0.717) is 24.2 Å². The maximum absolute atomic E-state index is 13.1. The van der Waals surface area contributed by atoms with Gasteiger partial charge in [-0.1, -0.05) is 42.5 Å². The summed E-state index contributed by atoms with van der Waals surface area (Å²) in [5.41, 5.74) is 7.57. The summed E-state index contributed by atoms with van der Waals surface area (Å²) in [6, 6.07) is 13.8. The van der Waals surface area contributed by atoms with Crippen molar-refractivity contribution in [2.45, 2.75) is 13.0 Å². The molecule has 2 aromatic rings. The fourth-order valence-electron chi connectivity index (χ4n) is 1.98. The first-order chi connectivity index (χ1) is 11.1. The number of alkyl carbamates (subject to hydrolysis) is 1. The highest BCUT2D eigenvalue weighted by Crippen LogP contribution is 2.12. The van der Waals surface area contributed by atoms with Crippen LogP contribution in [0.25, 0.3) is 6.08 Å². The number of anilines is 1. The molecule has 0 radical (unpaired) electrons. The van der Waals surface area contributed by atoms with E-state index < -0.39 is 6.09 Å². The van der Waals surface area contributed by atoms with E-state index in [4.69, 9.17) is 10.5 Å². The quantitative estimate of drug-likeness (QED) is 0.630. The Kier molecular flexibility index (Phi) is 6.17. The van der Waals surface area contributed by atoms with E-state index in [1.165, 1.54) is 12.1 Å². The summed E-state index contributed by atoms with van der Waals surface area (Å²) < 4.78 is 18.2. The van der Waals surface area contributed by atoms with Gasteiger partial charge in [-0.15, -0.1) is 0 Å². The molecule has 0 unspecified atom stereocenters. The van der Waals surface area contributed by atoms with Crippen LogP contribution < -0.4 is 11.1 Å². The number of carbonyl (C=O) groups excluding carboxylic acids is 1. The van der Waals surface area contributed by atoms with Crippen molar-refractivity contribution in [3.63, 3.8) is 0 Å². The highest BCUT2D eigenvalue weighted by molar-refractivity contribution is 5.67. The molecule has 0 saturated carbocycles. The molecule has 2 rings (SSSR count). The first-order valence-electron chi connectivity index (χ1n) is 7.30. The zero-order valence-electron chi connectivity index (χ0n) is 12.7. The minimum absolute atomic E-state index is 0.241. The molecule has 0 heterocycles. The summed E-state index contributed by atoms with van der Waals surface area (Å²) >= 11 is 0. The molecule has 0 aliphatic heterocycles. The van der Waals surface area contributed by atoms with Crippen LogP contribution >= 0.6 is 0 Å². The average Bonchev–Trinajstić information content (AvgIpc) is 2.53. The van der Waals surface area contributed by atoms with Gasteiger partial charge in [-0.05, 0) is 35.7 Å². The standard InChI is InChI=1S/C18H19FN2O2/c19-16-10-15(11-17(20)12-16)8-4-5-9-21-18(22)23-13-14-6-2-1-3-7-14/h1-4,6-8,10-12H,5,9,13,20H2,(H,21,22). The van der Waals surface area contributed by atoms with Crippen molar-refractivity contribution in [3.8, 4) is 0 Å². The van der Waals surface area contributed by atoms with Crippen LogP contribution in [0, 0.1) is 5.82 Å². The molecular weight excluding hydrogens is 295 g/mol. The molecule has 5 heteroatoms. The highest BCUT2D eigenvalue weighted by Gasteiger charge is 2.00. The van der Waals surface area contributed by atoms with Crippen molar-refractivity contribution < 1.29 is 13.9 Å². The number of nitrogen functional groups attached to an aromatic ring is 1. The Bertz CT molecular complexity index is 652. The number of benzene rings is 2. The third kappa shape index (κ3) is 6.22. The van der Waals surface area contributed by atoms with Gasteiger partial charge in [0.25, 0.3) is 0 Å². The van der Waals surface area contributed by atoms with Crippen molar-refractivity contribution in [1.29, 1.82) is 0 Å². The Morgan fingerprint density at radius 3 is 2.74 bits per heavy atom. The number of hydrogen-bond donors (Lipinski definition) is 2. The second-order valence-electron chi connectivity index (χ2n) is 5.00. The smallest absolute Gasteiger partial charge is 0.407 e. The van der Waals surface area contributed by atoms with Gasteiger partial charge in [-0.2, -0.15) is 0 Å². The number of amides is 1. The van der Waals surface area contributed by atoms with Crippen molar-refractivity contribution in [2.75, 3.05) is 12.3 Å². The molecule has 0 aromatic heterocycles. The lowest BCUT2D eigenvalue weighted by atomic mass is 10.1. The number of halogens is 1. The van der Waals surface area contributed by atoms with E-state index in [2.05, 4.69) is 5.32 Å². The third-order valence-electron chi connectivity index (χ3n) is 3.05. The Morgan fingerprint density at radius 1 is 1.22 bits per heavy atom. The van der Waals surface area contributed by atoms with Crippen LogP contribution in [-0.4, -0.2) is 12.6 Å². The molecule has 0 atom stereocenters. The molecule has 0 aliphatic carbocycles. The van der Waals surface area contributed by atoms with E-state index in [1.54, 1.807) is 12.1 Å². The molecule has 23 heavy (non-hydrogen) atoms. The number of rotatable bonds is 6. The zero-order chi connectivity index (χ0) is 16.5. The van der Waals surface area contributed by atoms with Gasteiger partial charge < -0.3 is 15.8 Å². The van der Waals surface area contributed by atoms with Gasteiger partial charge in [0.2, 0.25) is 0 Å². The van der Waals surface area contributed by atoms with Gasteiger partial charge in [0.05, 0.1) is 0 Å². The van der Waals surface area contributed by atoms with Crippen LogP contribution in [0.3, 0.4) is 0 Å². The maximum atomic E-state index is 13.1. The normalized spacial score (nSPS) is 10.7. The number of hydrogen-bond acceptors (Lipinski definition) is 3. The van der Waals surface area contributed by atoms with Crippen LogP contribution in [0.1, 0.15) is 17.5 Å². The molecule has 2 aromatic carbocycles. The first kappa shape index (κ1) is 16.5. The van der Waals surface area contributed by atoms with Gasteiger partial charge >= 0.3 is 6.09 Å². The molecular formula is C18H19FN2O2. The van der Waals surface area contributed by atoms with Crippen LogP contribution in [0.4, 0.5) is 14.9 Å². The zero-order valence-corrected chi connectivity index (χ0v) is 12.7. The third-order valence-corrected chi connectivity index (χ3v) is 3.05. The topological polar surface area (TPSA) is 64.3 Å². The maximum Gasteiger partial charge on any atom is 0.407 e. The van der Waals surface area contributed by atoms with Crippen molar-refractivity contribution in [1.82, 2.24) is 5.32 Å². The van der Waals surface area contributed by atoms with Gasteiger partial charge in [-0.3, -0.25) is 0 Å². The summed E-state index contributed by atoms with van der Waals surface area (Å²) in [5.74, 6) is -0.368. The Hall–Kier alpha value is -2.82. The molecule has 3 N–H and O–H groups in total. The predicted octanol–water partition coefficient (Wildman–Crippen LogP) is 3.74. The van der Waals surface area contributed by atoms with E-state index in [-0.39, 0.29) is 12.4 Å². The molecule has 0 bridgehead atoms. The van der Waals surface area contributed by atoms with Gasteiger partial charge in [0, 0.05) is 12.2 Å². The summed E-state index contributed by atoms with van der Waals surface area (Å²) in [6.07, 6.45) is 3.75. The monoisotopic (exact) mass is 314 g/mol. The van der Waals surface area contributed by atoms with Crippen LogP contribution in [0.2, 0.25) is 0 Å². The van der Waals surface area contributed by atoms with Gasteiger partial charge in [-0.25, -0.2) is 9.18 Å². The molecule has 1 amide bonds. The van der Waals surface area contributed by atoms with Crippen LogP contribution in [0.15, 0.2) is 54.6 Å². The second-order valence-corrected chi connectivity index (χ2v) is 5.00. The summed E-state index contributed by atoms with van der Waals surface area (Å²) in [5, 5.41) is 2.65. The minimum atomic E-state index is -0.461. The van der Waals surface area contributed by atoms with Crippen LogP contribution in [0.5, 0.6) is 0 Å². The van der Waals surface area contributed by atoms with E-state index in [0.717, 1.165) is 5.56 Å². The molecule has 0 aliphatic rings. The van der Waals surface area contributed by atoms with Crippen molar-refractivity contribution in [2.24, 2.45) is 0 Å². The number of nitrogens with one attached hydrogen (secondary N) is 1. The highest BCUT2D eigenvalue weighted by atomic mass is 19.1. The van der Waals surface area contributed by atoms with E-state index >= 15 is 0 Å². The number of ether oxygens (including phenoxy) is 1. The van der Waals surface area contributed by atoms with Crippen molar-refractivity contribution in [3.05, 3.63) is 71.6 Å². The SMILES string of the molecule is Nc1cc(F)cc(C=CCCNC(=O)OCc2ccccc2)c1. The van der Waals surface area contributed by atoms with Crippen LogP contribution in [-0.2, 0) is 11.3 Å². The molecule has 120 valence electrons. The second kappa shape index (κ2) is 8.58. The van der Waals surface area contributed by atoms with E-state index in [1.807, 2.05) is 36.4 Å². The Morgan fingerprint density at radius 2 is 2.00 bits per heavy atom. The lowest BCUT2D eigenvalue weighted by molar-refractivity contribution is 0.140. The van der Waals surface area contributed by atoms with E-state index in [9.17, 15) is 9.18 Å². The predicted molar refractivity (Wildman–Crippen MR) is 89.1 cm³/mol. The molecule has 4 nitrogen and oxygen atoms in total. The summed E-state index contributed by atoms with van der Waals surface area (Å²) in [7, 11) is 0. The Labute approximate surface area is 134 Å². The lowest BCUT2D eigenvalue weighted by Crippen LogP contribution is -2.24. The van der Waals surface area contributed by atoms with Gasteiger partial charge in [0.1, 0.15) is 12.4 Å². The van der Waals surface area contributed by atoms with Gasteiger partial charge in [0.15, 0.2) is 0 Å². The number of nitrogens with two attached hydrogens (primary N) is 1. The average molecular weight is 314 g/mol. The summed E-state index contributed by atoms with van der Waals surface area (Å²) in [4.78, 5) is 11.5.